The molecule has 3 rings (SSSR count). The van der Waals surface area contributed by atoms with Crippen molar-refractivity contribution in [2.24, 2.45) is 0 Å². The fraction of sp³-hybridized carbons (Fsp3) is 0.556. The molecule has 0 saturated heterocycles. The van der Waals surface area contributed by atoms with E-state index >= 15 is 0 Å². The number of carbonyl (C=O) groups is 2. The molecule has 1 fully saturated rings. The second kappa shape index (κ2) is 8.64. The largest absolute Gasteiger partial charge is 0.353 e. The number of H-pyrrole nitrogens is 2. The summed E-state index contributed by atoms with van der Waals surface area (Å²) in [6.07, 6.45) is 8.37. The van der Waals surface area contributed by atoms with E-state index in [0.717, 1.165) is 25.7 Å². The highest BCUT2D eigenvalue weighted by atomic mass is 16.2. The van der Waals surface area contributed by atoms with Gasteiger partial charge in [-0.2, -0.15) is 0 Å². The van der Waals surface area contributed by atoms with Crippen molar-refractivity contribution in [1.29, 1.82) is 0 Å². The maximum absolute atomic E-state index is 12.1. The molecule has 0 bridgehead atoms. The van der Waals surface area contributed by atoms with Gasteiger partial charge in [0, 0.05) is 18.9 Å². The van der Waals surface area contributed by atoms with Gasteiger partial charge in [0.2, 0.25) is 11.8 Å². The van der Waals surface area contributed by atoms with Crippen LogP contribution in [0, 0.1) is 0 Å². The van der Waals surface area contributed by atoms with Gasteiger partial charge in [-0.05, 0) is 25.0 Å². The maximum Gasteiger partial charge on any atom is 0.325 e. The molecule has 0 aliphatic heterocycles. The third-order valence-electron chi connectivity index (χ3n) is 4.69. The summed E-state index contributed by atoms with van der Waals surface area (Å²) in [5.74, 6) is -0.00942. The van der Waals surface area contributed by atoms with Crippen LogP contribution in [0.3, 0.4) is 0 Å². The Hall–Kier alpha value is -2.64. The Morgan fingerprint density at radius 2 is 1.69 bits per heavy atom. The lowest BCUT2D eigenvalue weighted by molar-refractivity contribution is -0.125. The van der Waals surface area contributed by atoms with Crippen molar-refractivity contribution in [2.75, 3.05) is 5.32 Å². The average molecular weight is 359 g/mol. The van der Waals surface area contributed by atoms with Crippen molar-refractivity contribution in [3.8, 4) is 0 Å². The number of rotatable bonds is 5. The summed E-state index contributed by atoms with van der Waals surface area (Å²) in [4.78, 5) is 44.6. The molecule has 140 valence electrons. The van der Waals surface area contributed by atoms with E-state index in [0.29, 0.717) is 17.0 Å². The third kappa shape index (κ3) is 5.18. The molecule has 26 heavy (non-hydrogen) atoms. The molecular formula is C18H25N5O3. The lowest BCUT2D eigenvalue weighted by Crippen LogP contribution is -2.35. The topological polar surface area (TPSA) is 120 Å². The van der Waals surface area contributed by atoms with Gasteiger partial charge >= 0.3 is 5.69 Å². The van der Waals surface area contributed by atoms with E-state index in [-0.39, 0.29) is 36.4 Å². The van der Waals surface area contributed by atoms with Crippen molar-refractivity contribution < 1.29 is 9.59 Å². The van der Waals surface area contributed by atoms with Crippen LogP contribution < -0.4 is 16.3 Å². The number of anilines is 1. The molecular weight excluding hydrogens is 334 g/mol. The fourth-order valence-electron chi connectivity index (χ4n) is 3.32. The molecule has 2 amide bonds. The number of aromatic nitrogens is 3. The van der Waals surface area contributed by atoms with Crippen LogP contribution in [0.5, 0.6) is 0 Å². The van der Waals surface area contributed by atoms with E-state index in [4.69, 9.17) is 0 Å². The van der Waals surface area contributed by atoms with Gasteiger partial charge in [0.25, 0.3) is 0 Å². The molecule has 8 heteroatoms. The van der Waals surface area contributed by atoms with Gasteiger partial charge in [-0.25, -0.2) is 9.78 Å². The van der Waals surface area contributed by atoms with Crippen molar-refractivity contribution in [1.82, 2.24) is 20.3 Å². The number of imidazole rings is 1. The zero-order valence-electron chi connectivity index (χ0n) is 14.8. The Morgan fingerprint density at radius 3 is 2.46 bits per heavy atom. The first kappa shape index (κ1) is 18.2. The lowest BCUT2D eigenvalue weighted by atomic mass is 9.96. The van der Waals surface area contributed by atoms with Gasteiger partial charge in [0.15, 0.2) is 5.65 Å². The van der Waals surface area contributed by atoms with Gasteiger partial charge in [0.05, 0.1) is 5.52 Å². The van der Waals surface area contributed by atoms with Crippen molar-refractivity contribution >= 4 is 28.8 Å². The first-order chi connectivity index (χ1) is 12.6. The predicted molar refractivity (Wildman–Crippen MR) is 98.8 cm³/mol. The number of nitrogens with one attached hydrogen (secondary N) is 4. The summed E-state index contributed by atoms with van der Waals surface area (Å²) in [5.41, 5.74) is 0.614. The van der Waals surface area contributed by atoms with Gasteiger partial charge in [0.1, 0.15) is 5.82 Å². The Kier molecular flexibility index (Phi) is 6.04. The summed E-state index contributed by atoms with van der Waals surface area (Å²) < 4.78 is 0. The Labute approximate surface area is 151 Å². The summed E-state index contributed by atoms with van der Waals surface area (Å²) in [7, 11) is 0. The highest BCUT2D eigenvalue weighted by Gasteiger charge is 2.15. The SMILES string of the molecule is O=C(CCC(=O)NC1CCCCCCC1)Nc1ccc2[nH]c(=O)[nH]c2n1. The van der Waals surface area contributed by atoms with Crippen LogP contribution in [0.1, 0.15) is 57.8 Å². The van der Waals surface area contributed by atoms with Crippen LogP contribution in [0.2, 0.25) is 0 Å². The van der Waals surface area contributed by atoms with Gasteiger partial charge in [-0.3, -0.25) is 14.6 Å². The number of fused-ring (bicyclic) bond motifs is 1. The predicted octanol–water partition coefficient (Wildman–Crippen LogP) is 2.20. The molecule has 0 unspecified atom stereocenters. The summed E-state index contributed by atoms with van der Waals surface area (Å²) >= 11 is 0. The molecule has 4 N–H and O–H groups in total. The zero-order chi connectivity index (χ0) is 18.4. The monoisotopic (exact) mass is 359 g/mol. The van der Waals surface area contributed by atoms with E-state index in [9.17, 15) is 14.4 Å². The van der Waals surface area contributed by atoms with Crippen LogP contribution in [0.15, 0.2) is 16.9 Å². The smallest absolute Gasteiger partial charge is 0.325 e. The highest BCUT2D eigenvalue weighted by Crippen LogP contribution is 2.17. The summed E-state index contributed by atoms with van der Waals surface area (Å²) in [6, 6.07) is 3.51. The van der Waals surface area contributed by atoms with E-state index in [1.54, 1.807) is 12.1 Å². The minimum absolute atomic E-state index is 0.0795. The fourth-order valence-corrected chi connectivity index (χ4v) is 3.32. The number of aromatic amines is 2. The number of amides is 2. The maximum atomic E-state index is 12.1. The molecule has 1 aliphatic rings. The van der Waals surface area contributed by atoms with Crippen LogP contribution in [0.25, 0.3) is 11.2 Å². The van der Waals surface area contributed by atoms with E-state index in [2.05, 4.69) is 25.6 Å². The Balaban J connectivity index is 1.45. The van der Waals surface area contributed by atoms with Gasteiger partial charge in [-0.15, -0.1) is 0 Å². The number of nitrogens with zero attached hydrogens (tertiary/aromatic N) is 1. The van der Waals surface area contributed by atoms with Crippen molar-refractivity contribution in [3.05, 3.63) is 22.6 Å². The van der Waals surface area contributed by atoms with Crippen LogP contribution >= 0.6 is 0 Å². The van der Waals surface area contributed by atoms with Crippen molar-refractivity contribution in [3.63, 3.8) is 0 Å². The zero-order valence-corrected chi connectivity index (χ0v) is 14.8. The van der Waals surface area contributed by atoms with E-state index < -0.39 is 0 Å². The second-order valence-electron chi connectivity index (χ2n) is 6.83. The summed E-state index contributed by atoms with van der Waals surface area (Å²) in [5, 5.41) is 5.71. The Morgan fingerprint density at radius 1 is 1.00 bits per heavy atom. The number of hydrogen-bond acceptors (Lipinski definition) is 4. The van der Waals surface area contributed by atoms with E-state index in [1.165, 1.54) is 19.3 Å². The molecule has 1 saturated carbocycles. The first-order valence-corrected chi connectivity index (χ1v) is 9.28. The number of hydrogen-bond donors (Lipinski definition) is 4. The molecule has 2 aromatic rings. The standard InChI is InChI=1S/C18H25N5O3/c24-15(19-12-6-4-2-1-3-5-7-12)10-11-16(25)21-14-9-8-13-17(22-14)23-18(26)20-13/h8-9,12H,1-7,10-11H2,(H,19,24)(H3,20,21,22,23,25,26). The van der Waals surface area contributed by atoms with E-state index in [1.807, 2.05) is 0 Å². The van der Waals surface area contributed by atoms with Crippen molar-refractivity contribution in [2.45, 2.75) is 63.8 Å². The van der Waals surface area contributed by atoms with Crippen LogP contribution in [-0.2, 0) is 9.59 Å². The average Bonchev–Trinajstić information content (AvgIpc) is 2.94. The van der Waals surface area contributed by atoms with Gasteiger partial charge in [-0.1, -0.05) is 32.1 Å². The van der Waals surface area contributed by atoms with Crippen LogP contribution in [0.4, 0.5) is 5.82 Å². The minimum Gasteiger partial charge on any atom is -0.353 e. The van der Waals surface area contributed by atoms with Crippen LogP contribution in [-0.4, -0.2) is 32.8 Å². The Bertz CT molecular complexity index is 818. The second-order valence-corrected chi connectivity index (χ2v) is 6.83. The molecule has 2 heterocycles. The first-order valence-electron chi connectivity index (χ1n) is 9.28. The molecule has 0 radical (unpaired) electrons. The third-order valence-corrected chi connectivity index (χ3v) is 4.69. The number of pyridine rings is 1. The molecule has 0 atom stereocenters. The quantitative estimate of drug-likeness (QED) is 0.654. The lowest BCUT2D eigenvalue weighted by Gasteiger charge is -2.21. The molecule has 0 aromatic carbocycles. The highest BCUT2D eigenvalue weighted by molar-refractivity contribution is 5.93. The molecule has 2 aromatic heterocycles. The number of carbonyl (C=O) groups excluding carboxylic acids is 2. The van der Waals surface area contributed by atoms with Gasteiger partial charge < -0.3 is 15.6 Å². The molecule has 0 spiro atoms. The summed E-state index contributed by atoms with van der Waals surface area (Å²) in [6.45, 7) is 0. The molecule has 8 nitrogen and oxygen atoms in total. The minimum atomic E-state index is -0.345. The normalized spacial score (nSPS) is 16.0. The molecule has 1 aliphatic carbocycles.